The van der Waals surface area contributed by atoms with Crippen LogP contribution in [0, 0.1) is 0 Å². The van der Waals surface area contributed by atoms with Crippen molar-refractivity contribution in [3.05, 3.63) is 30.2 Å². The van der Waals surface area contributed by atoms with Crippen molar-refractivity contribution < 1.29 is 23.3 Å². The molecule has 3 heterocycles. The molecule has 3 rings (SSSR count). The summed E-state index contributed by atoms with van der Waals surface area (Å²) in [5.74, 6) is 0.00250. The maximum absolute atomic E-state index is 12.2. The number of esters is 1. The first kappa shape index (κ1) is 18.1. The molecule has 0 aliphatic heterocycles. The number of furan rings is 1. The summed E-state index contributed by atoms with van der Waals surface area (Å²) >= 11 is 2.40. The summed E-state index contributed by atoms with van der Waals surface area (Å²) in [5.41, 5.74) is 0.0850. The number of nitrogens with zero attached hydrogens (tertiary/aromatic N) is 3. The normalized spacial score (nSPS) is 11.9. The molecular weight excluding hydrogens is 380 g/mol. The molecule has 11 heteroatoms. The molecule has 0 fully saturated rings. The zero-order chi connectivity index (χ0) is 18.5. The van der Waals surface area contributed by atoms with Gasteiger partial charge in [0.15, 0.2) is 15.8 Å². The van der Waals surface area contributed by atoms with E-state index < -0.39 is 5.91 Å². The second-order valence-electron chi connectivity index (χ2n) is 4.92. The maximum atomic E-state index is 12.2. The van der Waals surface area contributed by atoms with Crippen molar-refractivity contribution in [3.8, 4) is 11.5 Å². The summed E-state index contributed by atoms with van der Waals surface area (Å²) in [7, 11) is 1.34. The fourth-order valence-electron chi connectivity index (χ4n) is 1.94. The summed E-state index contributed by atoms with van der Waals surface area (Å²) in [6.45, 7) is 1.87. The molecule has 0 aliphatic rings. The third kappa shape index (κ3) is 4.11. The molecule has 0 saturated carbocycles. The topological polar surface area (TPSA) is 120 Å². The molecule has 0 aromatic carbocycles. The zero-order valence-corrected chi connectivity index (χ0v) is 15.4. The van der Waals surface area contributed by atoms with Crippen LogP contribution in [0.15, 0.2) is 37.7 Å². The van der Waals surface area contributed by atoms with Gasteiger partial charge in [0.2, 0.25) is 10.9 Å². The lowest BCUT2D eigenvalue weighted by Gasteiger charge is -2.08. The van der Waals surface area contributed by atoms with Gasteiger partial charge in [-0.25, -0.2) is 0 Å². The second kappa shape index (κ2) is 8.15. The Morgan fingerprint density at radius 1 is 1.38 bits per heavy atom. The molecule has 1 N–H and O–H groups in total. The van der Waals surface area contributed by atoms with Crippen LogP contribution in [0.25, 0.3) is 11.5 Å². The molecule has 0 unspecified atom stereocenters. The highest BCUT2D eigenvalue weighted by Crippen LogP contribution is 2.31. The fraction of sp³-hybridized carbons (Fsp3) is 0.267. The highest BCUT2D eigenvalue weighted by molar-refractivity contribution is 8.02. The largest absolute Gasteiger partial charge is 0.468 e. The van der Waals surface area contributed by atoms with Crippen LogP contribution in [0.4, 0.5) is 5.13 Å². The lowest BCUT2D eigenvalue weighted by molar-refractivity contribution is -0.140. The predicted molar refractivity (Wildman–Crippen MR) is 94.0 cm³/mol. The Hall–Kier alpha value is -2.66. The highest BCUT2D eigenvalue weighted by atomic mass is 32.2. The van der Waals surface area contributed by atoms with Crippen molar-refractivity contribution in [1.82, 2.24) is 15.4 Å². The molecule has 9 nitrogen and oxygen atoms in total. The molecule has 0 saturated heterocycles. The Labute approximate surface area is 156 Å². The lowest BCUT2D eigenvalue weighted by Crippen LogP contribution is -2.17. The summed E-state index contributed by atoms with van der Waals surface area (Å²) in [6.07, 6.45) is 2.09. The molecule has 26 heavy (non-hydrogen) atoms. The number of nitrogens with one attached hydrogen (secondary N) is 1. The van der Waals surface area contributed by atoms with Crippen molar-refractivity contribution in [2.24, 2.45) is 0 Å². The molecule has 136 valence electrons. The monoisotopic (exact) mass is 394 g/mol. The smallest absolute Gasteiger partial charge is 0.319 e. The standard InChI is InChI=1S/C15H14N4O5S2/c1-3-11(13(21)22-2)25-15-18-17-14(26-15)16-12(20)8-7-10(24-19-8)9-5-4-6-23-9/h4-7,11H,3H2,1-2H3,(H,16,17,20)/t11-/m1/s1. The van der Waals surface area contributed by atoms with Crippen LogP contribution in [0.3, 0.4) is 0 Å². The van der Waals surface area contributed by atoms with Crippen molar-refractivity contribution >= 4 is 40.1 Å². The van der Waals surface area contributed by atoms with Gasteiger partial charge in [-0.3, -0.25) is 14.9 Å². The van der Waals surface area contributed by atoms with E-state index >= 15 is 0 Å². The van der Waals surface area contributed by atoms with E-state index in [1.165, 1.54) is 31.2 Å². The van der Waals surface area contributed by atoms with Crippen LogP contribution >= 0.6 is 23.1 Å². The van der Waals surface area contributed by atoms with E-state index in [0.717, 1.165) is 11.3 Å². The summed E-state index contributed by atoms with van der Waals surface area (Å²) in [4.78, 5) is 23.9. The highest BCUT2D eigenvalue weighted by Gasteiger charge is 2.22. The van der Waals surface area contributed by atoms with Gasteiger partial charge < -0.3 is 13.7 Å². The van der Waals surface area contributed by atoms with Crippen LogP contribution in [-0.2, 0) is 9.53 Å². The predicted octanol–water partition coefficient (Wildman–Crippen LogP) is 3.08. The number of ether oxygens (including phenoxy) is 1. The molecule has 1 amide bonds. The molecule has 0 aliphatic carbocycles. The minimum Gasteiger partial charge on any atom is -0.468 e. The first-order valence-electron chi connectivity index (χ1n) is 7.50. The minimum absolute atomic E-state index is 0.0850. The molecule has 0 bridgehead atoms. The molecule has 0 radical (unpaired) electrons. The number of thioether (sulfide) groups is 1. The van der Waals surface area contributed by atoms with Gasteiger partial charge in [0.05, 0.1) is 13.4 Å². The molecule has 3 aromatic heterocycles. The van der Waals surface area contributed by atoms with Gasteiger partial charge in [-0.2, -0.15) is 0 Å². The Morgan fingerprint density at radius 2 is 2.23 bits per heavy atom. The van der Waals surface area contributed by atoms with Crippen LogP contribution in [-0.4, -0.2) is 39.6 Å². The maximum Gasteiger partial charge on any atom is 0.319 e. The van der Waals surface area contributed by atoms with Gasteiger partial charge in [-0.1, -0.05) is 35.2 Å². The zero-order valence-electron chi connectivity index (χ0n) is 13.8. The number of carbonyl (C=O) groups excluding carboxylic acids is 2. The Morgan fingerprint density at radius 3 is 2.92 bits per heavy atom. The van der Waals surface area contributed by atoms with Crippen LogP contribution in [0.5, 0.6) is 0 Å². The Balaban J connectivity index is 1.63. The second-order valence-corrected chi connectivity index (χ2v) is 7.35. The van der Waals surface area contributed by atoms with Crippen molar-refractivity contribution in [2.75, 3.05) is 12.4 Å². The first-order chi connectivity index (χ1) is 12.6. The number of hydrogen-bond donors (Lipinski definition) is 1. The third-order valence-electron chi connectivity index (χ3n) is 3.21. The van der Waals surface area contributed by atoms with Gasteiger partial charge in [-0.15, -0.1) is 10.2 Å². The average molecular weight is 394 g/mol. The number of anilines is 1. The summed E-state index contributed by atoms with van der Waals surface area (Å²) < 4.78 is 15.6. The average Bonchev–Trinajstić information content (AvgIpc) is 3.39. The van der Waals surface area contributed by atoms with Gasteiger partial charge in [0.1, 0.15) is 5.25 Å². The first-order valence-corrected chi connectivity index (χ1v) is 9.20. The van der Waals surface area contributed by atoms with E-state index in [9.17, 15) is 9.59 Å². The van der Waals surface area contributed by atoms with Gasteiger partial charge in [0.25, 0.3) is 5.91 Å². The minimum atomic E-state index is -0.487. The number of rotatable bonds is 7. The van der Waals surface area contributed by atoms with Crippen LogP contribution in [0.1, 0.15) is 23.8 Å². The molecule has 0 spiro atoms. The van der Waals surface area contributed by atoms with E-state index in [0.29, 0.717) is 27.4 Å². The quantitative estimate of drug-likeness (QED) is 0.366. The molecule has 1 atom stereocenters. The summed E-state index contributed by atoms with van der Waals surface area (Å²) in [5, 5.41) is 14.1. The number of aromatic nitrogens is 3. The Bertz CT molecular complexity index is 890. The van der Waals surface area contributed by atoms with Gasteiger partial charge in [-0.05, 0) is 18.6 Å². The number of amides is 1. The Kier molecular flexibility index (Phi) is 5.68. The third-order valence-corrected chi connectivity index (χ3v) is 5.48. The summed E-state index contributed by atoms with van der Waals surface area (Å²) in [6, 6.07) is 4.87. The van der Waals surface area contributed by atoms with E-state index in [4.69, 9.17) is 13.7 Å². The van der Waals surface area contributed by atoms with Crippen molar-refractivity contribution in [2.45, 2.75) is 22.9 Å². The number of methoxy groups -OCH3 is 1. The van der Waals surface area contributed by atoms with E-state index in [1.807, 2.05) is 6.92 Å². The van der Waals surface area contributed by atoms with E-state index in [2.05, 4.69) is 20.7 Å². The molecular formula is C15H14N4O5S2. The van der Waals surface area contributed by atoms with Crippen LogP contribution in [0.2, 0.25) is 0 Å². The van der Waals surface area contributed by atoms with Crippen LogP contribution < -0.4 is 5.32 Å². The SMILES string of the molecule is CC[C@@H](Sc1nnc(NC(=O)c2cc(-c3ccco3)on2)s1)C(=O)OC. The fourth-order valence-corrected chi connectivity index (χ4v) is 3.88. The van der Waals surface area contributed by atoms with Gasteiger partial charge >= 0.3 is 5.97 Å². The number of carbonyl (C=O) groups is 2. The van der Waals surface area contributed by atoms with E-state index in [-0.39, 0.29) is 16.9 Å². The molecule has 3 aromatic rings. The number of hydrogen-bond acceptors (Lipinski definition) is 10. The van der Waals surface area contributed by atoms with E-state index in [1.54, 1.807) is 12.1 Å². The van der Waals surface area contributed by atoms with Gasteiger partial charge in [0, 0.05) is 6.07 Å². The lowest BCUT2D eigenvalue weighted by atomic mass is 10.3. The van der Waals surface area contributed by atoms with Crippen molar-refractivity contribution in [1.29, 1.82) is 0 Å². The van der Waals surface area contributed by atoms with Crippen molar-refractivity contribution in [3.63, 3.8) is 0 Å².